The Bertz CT molecular complexity index is 968. The van der Waals surface area contributed by atoms with Crippen molar-refractivity contribution in [3.05, 3.63) is 59.4 Å². The van der Waals surface area contributed by atoms with Gasteiger partial charge in [0.1, 0.15) is 11.5 Å². The number of hydrogen-bond acceptors (Lipinski definition) is 5. The van der Waals surface area contributed by atoms with Crippen LogP contribution in [0.15, 0.2) is 53.9 Å². The molecule has 0 aliphatic heterocycles. The van der Waals surface area contributed by atoms with Crippen molar-refractivity contribution in [3.8, 4) is 17.2 Å². The van der Waals surface area contributed by atoms with E-state index in [1.807, 2.05) is 35.9 Å². The molecule has 1 N–H and O–H groups in total. The zero-order valence-corrected chi connectivity index (χ0v) is 17.3. The highest BCUT2D eigenvalue weighted by atomic mass is 35.5. The van der Waals surface area contributed by atoms with Gasteiger partial charge in [-0.1, -0.05) is 29.4 Å². The normalized spacial score (nSPS) is 10.6. The van der Waals surface area contributed by atoms with Gasteiger partial charge in [0.15, 0.2) is 5.16 Å². The Hall–Kier alpha value is -2.64. The monoisotopic (exact) mass is 417 g/mol. The van der Waals surface area contributed by atoms with Gasteiger partial charge in [-0.15, -0.1) is 0 Å². The van der Waals surface area contributed by atoms with Crippen LogP contribution in [0.5, 0.6) is 11.5 Å². The lowest BCUT2D eigenvalue weighted by Gasteiger charge is -2.12. The molecule has 3 rings (SSSR count). The highest BCUT2D eigenvalue weighted by molar-refractivity contribution is 7.99. The van der Waals surface area contributed by atoms with Gasteiger partial charge in [0.2, 0.25) is 5.91 Å². The molecule has 2 aromatic carbocycles. The van der Waals surface area contributed by atoms with E-state index >= 15 is 0 Å². The second kappa shape index (κ2) is 9.03. The zero-order chi connectivity index (χ0) is 20.1. The maximum Gasteiger partial charge on any atom is 0.234 e. The zero-order valence-electron chi connectivity index (χ0n) is 15.7. The van der Waals surface area contributed by atoms with Gasteiger partial charge < -0.3 is 14.8 Å². The van der Waals surface area contributed by atoms with Crippen LogP contribution in [0.4, 0.5) is 5.69 Å². The van der Waals surface area contributed by atoms with Crippen LogP contribution in [-0.4, -0.2) is 35.4 Å². The molecule has 3 aromatic rings. The van der Waals surface area contributed by atoms with E-state index in [4.69, 9.17) is 21.1 Å². The Balaban J connectivity index is 1.70. The van der Waals surface area contributed by atoms with E-state index in [1.54, 1.807) is 38.6 Å². The van der Waals surface area contributed by atoms with E-state index in [0.717, 1.165) is 11.3 Å². The minimum Gasteiger partial charge on any atom is -0.497 e. The van der Waals surface area contributed by atoms with Crippen LogP contribution in [0.3, 0.4) is 0 Å². The lowest BCUT2D eigenvalue weighted by atomic mass is 10.2. The second-order valence-electron chi connectivity index (χ2n) is 5.90. The van der Waals surface area contributed by atoms with E-state index in [9.17, 15) is 4.79 Å². The molecule has 0 aliphatic carbocycles. The number of anilines is 1. The van der Waals surface area contributed by atoms with Gasteiger partial charge >= 0.3 is 0 Å². The summed E-state index contributed by atoms with van der Waals surface area (Å²) >= 11 is 7.57. The van der Waals surface area contributed by atoms with Crippen LogP contribution in [0, 0.1) is 6.92 Å². The third-order valence-electron chi connectivity index (χ3n) is 4.07. The summed E-state index contributed by atoms with van der Waals surface area (Å²) in [6.07, 6.45) is 3.55. The largest absolute Gasteiger partial charge is 0.497 e. The molecule has 0 saturated heterocycles. The molecule has 146 valence electrons. The number of aromatic nitrogens is 2. The van der Waals surface area contributed by atoms with E-state index < -0.39 is 0 Å². The molecular weight excluding hydrogens is 398 g/mol. The quantitative estimate of drug-likeness (QED) is 0.570. The van der Waals surface area contributed by atoms with Crippen LogP contribution in [0.25, 0.3) is 5.69 Å². The molecule has 1 aromatic heterocycles. The fourth-order valence-corrected chi connectivity index (χ4v) is 3.58. The molecule has 28 heavy (non-hydrogen) atoms. The standard InChI is InChI=1S/C20H20ClN3O3S/c1-13-17(21)5-4-6-18(13)24-8-7-22-20(24)28-12-19(25)23-14-9-15(26-2)11-16(10-14)27-3/h4-11H,12H2,1-3H3,(H,23,25). The third-order valence-corrected chi connectivity index (χ3v) is 5.45. The Morgan fingerprint density at radius 2 is 1.93 bits per heavy atom. The van der Waals surface area contributed by atoms with Gasteiger partial charge in [0.25, 0.3) is 0 Å². The number of carbonyl (C=O) groups is 1. The molecular formula is C20H20ClN3O3S. The summed E-state index contributed by atoms with van der Waals surface area (Å²) in [6, 6.07) is 10.9. The van der Waals surface area contributed by atoms with Crippen molar-refractivity contribution in [3.63, 3.8) is 0 Å². The Morgan fingerprint density at radius 1 is 1.21 bits per heavy atom. The molecule has 0 bridgehead atoms. The van der Waals surface area contributed by atoms with Crippen molar-refractivity contribution >= 4 is 35.0 Å². The lowest BCUT2D eigenvalue weighted by Crippen LogP contribution is -2.14. The molecule has 0 unspecified atom stereocenters. The molecule has 6 nitrogen and oxygen atoms in total. The van der Waals surface area contributed by atoms with Gasteiger partial charge in [-0.05, 0) is 24.6 Å². The number of rotatable bonds is 7. The summed E-state index contributed by atoms with van der Waals surface area (Å²) in [6.45, 7) is 1.95. The molecule has 0 saturated carbocycles. The van der Waals surface area contributed by atoms with Crippen LogP contribution in [0.1, 0.15) is 5.56 Å². The Kier molecular flexibility index (Phi) is 6.49. The topological polar surface area (TPSA) is 65.4 Å². The predicted octanol–water partition coefficient (Wildman–Crippen LogP) is 4.58. The first-order chi connectivity index (χ1) is 13.5. The van der Waals surface area contributed by atoms with E-state index in [1.165, 1.54) is 11.8 Å². The van der Waals surface area contributed by atoms with Crippen molar-refractivity contribution in [1.82, 2.24) is 9.55 Å². The van der Waals surface area contributed by atoms with Crippen LogP contribution in [-0.2, 0) is 4.79 Å². The molecule has 8 heteroatoms. The number of hydrogen-bond donors (Lipinski definition) is 1. The van der Waals surface area contributed by atoms with Crippen molar-refractivity contribution in [2.45, 2.75) is 12.1 Å². The fourth-order valence-electron chi connectivity index (χ4n) is 2.64. The van der Waals surface area contributed by atoms with Gasteiger partial charge in [0.05, 0.1) is 25.7 Å². The van der Waals surface area contributed by atoms with Crippen molar-refractivity contribution in [2.75, 3.05) is 25.3 Å². The lowest BCUT2D eigenvalue weighted by molar-refractivity contribution is -0.113. The number of thioether (sulfide) groups is 1. The average molecular weight is 418 g/mol. The SMILES string of the molecule is COc1cc(NC(=O)CSc2nccn2-c2cccc(Cl)c2C)cc(OC)c1. The van der Waals surface area contributed by atoms with E-state index in [0.29, 0.717) is 27.4 Å². The third kappa shape index (κ3) is 4.61. The minimum absolute atomic E-state index is 0.155. The van der Waals surface area contributed by atoms with Crippen LogP contribution >= 0.6 is 23.4 Å². The van der Waals surface area contributed by atoms with E-state index in [2.05, 4.69) is 10.3 Å². The first-order valence-electron chi connectivity index (χ1n) is 8.46. The highest BCUT2D eigenvalue weighted by Gasteiger charge is 2.12. The Morgan fingerprint density at radius 3 is 2.61 bits per heavy atom. The first-order valence-corrected chi connectivity index (χ1v) is 9.82. The summed E-state index contributed by atoms with van der Waals surface area (Å²) < 4.78 is 12.4. The highest BCUT2D eigenvalue weighted by Crippen LogP contribution is 2.28. The second-order valence-corrected chi connectivity index (χ2v) is 7.25. The number of nitrogens with zero attached hydrogens (tertiary/aromatic N) is 2. The Labute approximate surface area is 172 Å². The molecule has 0 atom stereocenters. The number of amides is 1. The van der Waals surface area contributed by atoms with Gasteiger partial charge in [-0.3, -0.25) is 9.36 Å². The smallest absolute Gasteiger partial charge is 0.234 e. The van der Waals surface area contributed by atoms with Crippen molar-refractivity contribution < 1.29 is 14.3 Å². The molecule has 0 aliphatic rings. The number of methoxy groups -OCH3 is 2. The predicted molar refractivity (Wildman–Crippen MR) is 112 cm³/mol. The minimum atomic E-state index is -0.155. The molecule has 0 radical (unpaired) electrons. The fraction of sp³-hybridized carbons (Fsp3) is 0.200. The van der Waals surface area contributed by atoms with Crippen molar-refractivity contribution in [2.24, 2.45) is 0 Å². The van der Waals surface area contributed by atoms with E-state index in [-0.39, 0.29) is 11.7 Å². The number of nitrogens with one attached hydrogen (secondary N) is 1. The summed E-state index contributed by atoms with van der Waals surface area (Å²) in [4.78, 5) is 16.8. The maximum atomic E-state index is 12.4. The number of ether oxygens (including phenoxy) is 2. The number of imidazole rings is 1. The van der Waals surface area contributed by atoms with Crippen molar-refractivity contribution in [1.29, 1.82) is 0 Å². The van der Waals surface area contributed by atoms with Gasteiger partial charge in [0, 0.05) is 41.3 Å². The first kappa shape index (κ1) is 20.1. The maximum absolute atomic E-state index is 12.4. The molecule has 1 heterocycles. The number of halogens is 1. The summed E-state index contributed by atoms with van der Waals surface area (Å²) in [5, 5.41) is 4.25. The summed E-state index contributed by atoms with van der Waals surface area (Å²) in [5.41, 5.74) is 2.50. The summed E-state index contributed by atoms with van der Waals surface area (Å²) in [5.74, 6) is 1.26. The summed E-state index contributed by atoms with van der Waals surface area (Å²) in [7, 11) is 3.13. The molecule has 0 spiro atoms. The van der Waals surface area contributed by atoms with Crippen LogP contribution < -0.4 is 14.8 Å². The van der Waals surface area contributed by atoms with Gasteiger partial charge in [-0.25, -0.2) is 4.98 Å². The van der Waals surface area contributed by atoms with Crippen LogP contribution in [0.2, 0.25) is 5.02 Å². The number of carbonyl (C=O) groups excluding carboxylic acids is 1. The van der Waals surface area contributed by atoms with Gasteiger partial charge in [-0.2, -0.15) is 0 Å². The average Bonchev–Trinajstić information content (AvgIpc) is 3.16. The molecule has 0 fully saturated rings. The molecule has 1 amide bonds. The number of benzene rings is 2.